The standard InChI is InChI=1S/C15H16N2O6S2/c1-11-10-24(19,20)17(15(11)18)12-4-6-14(7-5-12)25(21,22)16-9-13-3-2-8-23-13/h2-8,11,16H,9-10H2,1H3. The van der Waals surface area contributed by atoms with Crippen molar-refractivity contribution in [2.24, 2.45) is 5.92 Å². The minimum absolute atomic E-state index is 0.00636. The first-order valence-corrected chi connectivity index (χ1v) is 10.5. The van der Waals surface area contributed by atoms with Gasteiger partial charge in [0.15, 0.2) is 0 Å². The summed E-state index contributed by atoms with van der Waals surface area (Å²) in [4.78, 5) is 12.0. The van der Waals surface area contributed by atoms with Gasteiger partial charge in [-0.25, -0.2) is 25.9 Å². The summed E-state index contributed by atoms with van der Waals surface area (Å²) in [5.41, 5.74) is 0.124. The van der Waals surface area contributed by atoms with Crippen LogP contribution in [-0.2, 0) is 31.4 Å². The van der Waals surface area contributed by atoms with E-state index in [1.54, 1.807) is 12.1 Å². The third-order valence-electron chi connectivity index (χ3n) is 3.76. The maximum Gasteiger partial charge on any atom is 0.244 e. The Kier molecular flexibility index (Phi) is 4.43. The molecule has 0 aliphatic carbocycles. The molecule has 0 radical (unpaired) electrons. The Morgan fingerprint density at radius 1 is 1.24 bits per heavy atom. The lowest BCUT2D eigenvalue weighted by Crippen LogP contribution is -2.30. The van der Waals surface area contributed by atoms with E-state index in [0.717, 1.165) is 4.31 Å². The molecule has 1 aliphatic rings. The van der Waals surface area contributed by atoms with Gasteiger partial charge >= 0.3 is 0 Å². The monoisotopic (exact) mass is 384 g/mol. The summed E-state index contributed by atoms with van der Waals surface area (Å²) in [5.74, 6) is -0.936. The maximum atomic E-state index is 12.3. The number of rotatable bonds is 5. The summed E-state index contributed by atoms with van der Waals surface area (Å²) in [7, 11) is -7.51. The Labute approximate surface area is 145 Å². The summed E-state index contributed by atoms with van der Waals surface area (Å²) in [6.45, 7) is 1.53. The number of amides is 1. The molecule has 3 rings (SSSR count). The van der Waals surface area contributed by atoms with Crippen LogP contribution < -0.4 is 9.03 Å². The van der Waals surface area contributed by atoms with Gasteiger partial charge in [-0.1, -0.05) is 6.92 Å². The normalized spacial score (nSPS) is 20.1. The van der Waals surface area contributed by atoms with Crippen molar-refractivity contribution >= 4 is 31.6 Å². The molecule has 0 bridgehead atoms. The van der Waals surface area contributed by atoms with Crippen molar-refractivity contribution in [1.82, 2.24) is 4.72 Å². The fourth-order valence-corrected chi connectivity index (χ4v) is 5.32. The van der Waals surface area contributed by atoms with Crippen LogP contribution in [0.2, 0.25) is 0 Å². The largest absolute Gasteiger partial charge is 0.468 e. The minimum Gasteiger partial charge on any atom is -0.468 e. The lowest BCUT2D eigenvalue weighted by molar-refractivity contribution is -0.119. The van der Waals surface area contributed by atoms with Crippen LogP contribution in [0.3, 0.4) is 0 Å². The molecular formula is C15H16N2O6S2. The number of furan rings is 1. The Morgan fingerprint density at radius 2 is 1.92 bits per heavy atom. The highest BCUT2D eigenvalue weighted by molar-refractivity contribution is 7.94. The second kappa shape index (κ2) is 6.28. The Hall–Kier alpha value is -2.17. The Bertz CT molecular complexity index is 979. The summed E-state index contributed by atoms with van der Waals surface area (Å²) < 4.78 is 56.8. The minimum atomic E-state index is -3.79. The number of nitrogens with one attached hydrogen (secondary N) is 1. The van der Waals surface area contributed by atoms with Gasteiger partial charge in [-0.05, 0) is 36.4 Å². The molecule has 1 fully saturated rings. The van der Waals surface area contributed by atoms with Crippen molar-refractivity contribution < 1.29 is 26.0 Å². The molecular weight excluding hydrogens is 368 g/mol. The molecule has 1 N–H and O–H groups in total. The fraction of sp³-hybridized carbons (Fsp3) is 0.267. The molecule has 1 unspecified atom stereocenters. The van der Waals surface area contributed by atoms with Gasteiger partial charge < -0.3 is 4.42 Å². The second-order valence-corrected chi connectivity index (χ2v) is 9.31. The molecule has 0 saturated carbocycles. The van der Waals surface area contributed by atoms with Crippen LogP contribution in [0.4, 0.5) is 5.69 Å². The molecule has 134 valence electrons. The van der Waals surface area contributed by atoms with Crippen molar-refractivity contribution in [3.8, 4) is 0 Å². The van der Waals surface area contributed by atoms with Gasteiger partial charge in [0.1, 0.15) is 5.76 Å². The molecule has 8 nitrogen and oxygen atoms in total. The van der Waals surface area contributed by atoms with E-state index in [1.165, 1.54) is 37.5 Å². The lowest BCUT2D eigenvalue weighted by atomic mass is 10.2. The Balaban J connectivity index is 1.81. The van der Waals surface area contributed by atoms with E-state index in [9.17, 15) is 21.6 Å². The summed E-state index contributed by atoms with van der Waals surface area (Å²) >= 11 is 0. The first-order chi connectivity index (χ1) is 11.7. The molecule has 1 amide bonds. The van der Waals surface area contributed by atoms with Gasteiger partial charge in [0.2, 0.25) is 26.0 Å². The van der Waals surface area contributed by atoms with Crippen molar-refractivity contribution in [1.29, 1.82) is 0 Å². The number of carbonyl (C=O) groups excluding carboxylic acids is 1. The van der Waals surface area contributed by atoms with E-state index >= 15 is 0 Å². The zero-order valence-electron chi connectivity index (χ0n) is 13.2. The zero-order valence-corrected chi connectivity index (χ0v) is 14.9. The maximum absolute atomic E-state index is 12.3. The van der Waals surface area contributed by atoms with Crippen LogP contribution in [0.15, 0.2) is 52.0 Å². The first kappa shape index (κ1) is 17.6. The molecule has 1 aromatic heterocycles. The Morgan fingerprint density at radius 3 is 2.44 bits per heavy atom. The molecule has 1 saturated heterocycles. The van der Waals surface area contributed by atoms with Crippen LogP contribution in [-0.4, -0.2) is 28.5 Å². The molecule has 10 heteroatoms. The van der Waals surface area contributed by atoms with Crippen LogP contribution in [0.5, 0.6) is 0 Å². The van der Waals surface area contributed by atoms with Gasteiger partial charge in [0.25, 0.3) is 0 Å². The average molecular weight is 384 g/mol. The second-order valence-electron chi connectivity index (χ2n) is 5.68. The van der Waals surface area contributed by atoms with Crippen molar-refractivity contribution in [2.45, 2.75) is 18.4 Å². The van der Waals surface area contributed by atoms with Crippen LogP contribution in [0, 0.1) is 5.92 Å². The molecule has 25 heavy (non-hydrogen) atoms. The van der Waals surface area contributed by atoms with Crippen molar-refractivity contribution in [3.05, 3.63) is 48.4 Å². The van der Waals surface area contributed by atoms with Gasteiger partial charge in [-0.2, -0.15) is 0 Å². The van der Waals surface area contributed by atoms with Crippen LogP contribution >= 0.6 is 0 Å². The van der Waals surface area contributed by atoms with E-state index in [2.05, 4.69) is 4.72 Å². The predicted octanol–water partition coefficient (Wildman–Crippen LogP) is 1.07. The third-order valence-corrected chi connectivity index (χ3v) is 7.04. The van der Waals surface area contributed by atoms with E-state index < -0.39 is 31.9 Å². The van der Waals surface area contributed by atoms with Gasteiger partial charge in [0, 0.05) is 0 Å². The van der Waals surface area contributed by atoms with E-state index in [1.807, 2.05) is 0 Å². The van der Waals surface area contributed by atoms with Crippen LogP contribution in [0.1, 0.15) is 12.7 Å². The number of anilines is 1. The quantitative estimate of drug-likeness (QED) is 0.825. The summed E-state index contributed by atoms with van der Waals surface area (Å²) in [5, 5.41) is 0. The van der Waals surface area contributed by atoms with Crippen LogP contribution in [0.25, 0.3) is 0 Å². The summed E-state index contributed by atoms with van der Waals surface area (Å²) in [6.07, 6.45) is 1.44. The van der Waals surface area contributed by atoms with E-state index in [4.69, 9.17) is 4.42 Å². The SMILES string of the molecule is CC1CS(=O)(=O)N(c2ccc(S(=O)(=O)NCc3ccco3)cc2)C1=O. The molecule has 1 atom stereocenters. The zero-order chi connectivity index (χ0) is 18.2. The molecule has 1 aromatic carbocycles. The number of sulfonamides is 2. The third kappa shape index (κ3) is 3.46. The molecule has 1 aliphatic heterocycles. The highest BCUT2D eigenvalue weighted by Crippen LogP contribution is 2.28. The van der Waals surface area contributed by atoms with Crippen molar-refractivity contribution in [3.63, 3.8) is 0 Å². The first-order valence-electron chi connectivity index (χ1n) is 7.40. The number of nitrogens with zero attached hydrogens (tertiary/aromatic N) is 1. The lowest BCUT2D eigenvalue weighted by Gasteiger charge is -2.15. The van der Waals surface area contributed by atoms with E-state index in [-0.39, 0.29) is 22.9 Å². The van der Waals surface area contributed by atoms with Gasteiger partial charge in [-0.15, -0.1) is 0 Å². The number of hydrogen-bond acceptors (Lipinski definition) is 6. The summed E-state index contributed by atoms with van der Waals surface area (Å²) in [6, 6.07) is 8.39. The highest BCUT2D eigenvalue weighted by Gasteiger charge is 2.41. The molecule has 2 heterocycles. The smallest absolute Gasteiger partial charge is 0.244 e. The fourth-order valence-electron chi connectivity index (χ4n) is 2.51. The van der Waals surface area contributed by atoms with Gasteiger partial charge in [0.05, 0.1) is 35.1 Å². The topological polar surface area (TPSA) is 114 Å². The molecule has 0 spiro atoms. The van der Waals surface area contributed by atoms with Crippen molar-refractivity contribution in [2.75, 3.05) is 10.1 Å². The highest BCUT2D eigenvalue weighted by atomic mass is 32.2. The van der Waals surface area contributed by atoms with E-state index in [0.29, 0.717) is 5.76 Å². The number of hydrogen-bond donors (Lipinski definition) is 1. The number of carbonyl (C=O) groups is 1. The van der Waals surface area contributed by atoms with Gasteiger partial charge in [-0.3, -0.25) is 4.79 Å². The number of benzene rings is 1. The molecule has 2 aromatic rings. The predicted molar refractivity (Wildman–Crippen MR) is 89.6 cm³/mol. The average Bonchev–Trinajstić information content (AvgIpc) is 3.12.